The second-order valence-electron chi connectivity index (χ2n) is 3.95. The van der Waals surface area contributed by atoms with Crippen LogP contribution in [-0.4, -0.2) is 50.3 Å². The summed E-state index contributed by atoms with van der Waals surface area (Å²) in [4.78, 5) is 2.46. The van der Waals surface area contributed by atoms with Gasteiger partial charge in [-0.3, -0.25) is 4.90 Å². The monoisotopic (exact) mass is 202 g/mol. The summed E-state index contributed by atoms with van der Waals surface area (Å²) in [5.41, 5.74) is 0. The maximum Gasteiger partial charge on any atom is 0.0615 e. The lowest BCUT2D eigenvalue weighted by Crippen LogP contribution is -2.50. The third kappa shape index (κ3) is 3.95. The Kier molecular flexibility index (Phi) is 7.15. The fraction of sp³-hybridized carbons (Fsp3) is 1.00. The van der Waals surface area contributed by atoms with Crippen LogP contribution in [0, 0.1) is 0 Å². The zero-order valence-corrected chi connectivity index (χ0v) is 10.5. The molecule has 0 spiro atoms. The molecule has 0 radical (unpaired) electrons. The van der Waals surface area contributed by atoms with Crippen molar-refractivity contribution in [1.82, 2.24) is 10.2 Å². The Balaban J connectivity index is 4.23. The van der Waals surface area contributed by atoms with Gasteiger partial charge < -0.3 is 10.1 Å². The van der Waals surface area contributed by atoms with Crippen LogP contribution in [0.3, 0.4) is 0 Å². The highest BCUT2D eigenvalue weighted by Crippen LogP contribution is 2.09. The van der Waals surface area contributed by atoms with Crippen molar-refractivity contribution in [2.24, 2.45) is 0 Å². The smallest absolute Gasteiger partial charge is 0.0615 e. The van der Waals surface area contributed by atoms with E-state index >= 15 is 0 Å². The first-order valence-electron chi connectivity index (χ1n) is 5.50. The van der Waals surface area contributed by atoms with E-state index < -0.39 is 0 Å². The van der Waals surface area contributed by atoms with Crippen molar-refractivity contribution >= 4 is 0 Å². The molecule has 3 atom stereocenters. The molecule has 0 aromatic carbocycles. The number of likely N-dealkylation sites (N-methyl/N-ethyl adjacent to an activating group) is 2. The molecule has 0 saturated carbocycles. The standard InChI is InChI=1S/C11H26N2O/c1-7-13(9(2)8-14-6)11(4)10(3)12-5/h9-12H,7-8H2,1-6H3. The van der Waals surface area contributed by atoms with E-state index in [9.17, 15) is 0 Å². The Labute approximate surface area is 88.8 Å². The van der Waals surface area contributed by atoms with Crippen LogP contribution in [0.15, 0.2) is 0 Å². The molecular weight excluding hydrogens is 176 g/mol. The zero-order chi connectivity index (χ0) is 11.1. The molecule has 0 heterocycles. The van der Waals surface area contributed by atoms with Gasteiger partial charge in [0, 0.05) is 25.2 Å². The third-order valence-corrected chi connectivity index (χ3v) is 3.04. The largest absolute Gasteiger partial charge is 0.383 e. The summed E-state index contributed by atoms with van der Waals surface area (Å²) < 4.78 is 5.19. The van der Waals surface area contributed by atoms with E-state index in [1.165, 1.54) is 0 Å². The Hall–Kier alpha value is -0.120. The van der Waals surface area contributed by atoms with Gasteiger partial charge in [-0.2, -0.15) is 0 Å². The molecule has 3 unspecified atom stereocenters. The number of hydrogen-bond acceptors (Lipinski definition) is 3. The summed E-state index contributed by atoms with van der Waals surface area (Å²) in [5.74, 6) is 0. The molecule has 1 N–H and O–H groups in total. The molecular formula is C11H26N2O. The van der Waals surface area contributed by atoms with E-state index in [1.54, 1.807) is 7.11 Å². The van der Waals surface area contributed by atoms with Gasteiger partial charge >= 0.3 is 0 Å². The summed E-state index contributed by atoms with van der Waals surface area (Å²) in [7, 11) is 3.77. The van der Waals surface area contributed by atoms with Gasteiger partial charge in [-0.15, -0.1) is 0 Å². The van der Waals surface area contributed by atoms with Crippen molar-refractivity contribution in [3.63, 3.8) is 0 Å². The van der Waals surface area contributed by atoms with Crippen LogP contribution in [0.4, 0.5) is 0 Å². The third-order valence-electron chi connectivity index (χ3n) is 3.04. The Bertz CT molecular complexity index is 141. The van der Waals surface area contributed by atoms with Crippen LogP contribution in [0.2, 0.25) is 0 Å². The number of ether oxygens (including phenoxy) is 1. The SMILES string of the molecule is CCN(C(C)COC)C(C)C(C)NC. The molecule has 14 heavy (non-hydrogen) atoms. The fourth-order valence-corrected chi connectivity index (χ4v) is 1.87. The molecule has 3 heteroatoms. The van der Waals surface area contributed by atoms with E-state index in [-0.39, 0.29) is 0 Å². The molecule has 3 nitrogen and oxygen atoms in total. The Morgan fingerprint density at radius 1 is 1.29 bits per heavy atom. The highest BCUT2D eigenvalue weighted by atomic mass is 16.5. The van der Waals surface area contributed by atoms with E-state index in [1.807, 2.05) is 7.05 Å². The quantitative estimate of drug-likeness (QED) is 0.674. The van der Waals surface area contributed by atoms with Gasteiger partial charge in [-0.05, 0) is 34.4 Å². The van der Waals surface area contributed by atoms with E-state index in [0.29, 0.717) is 18.1 Å². The average Bonchev–Trinajstić information content (AvgIpc) is 2.18. The van der Waals surface area contributed by atoms with Gasteiger partial charge in [0.1, 0.15) is 0 Å². The molecule has 0 aliphatic carbocycles. The first-order valence-corrected chi connectivity index (χ1v) is 5.50. The van der Waals surface area contributed by atoms with Gasteiger partial charge in [-0.25, -0.2) is 0 Å². The molecule has 0 fully saturated rings. The molecule has 0 aromatic rings. The van der Waals surface area contributed by atoms with Crippen LogP contribution in [0.5, 0.6) is 0 Å². The van der Waals surface area contributed by atoms with Crippen molar-refractivity contribution in [2.45, 2.75) is 45.8 Å². The number of rotatable bonds is 7. The van der Waals surface area contributed by atoms with Crippen LogP contribution in [-0.2, 0) is 4.74 Å². The molecule has 0 rings (SSSR count). The first-order chi connectivity index (χ1) is 6.58. The van der Waals surface area contributed by atoms with Gasteiger partial charge in [0.15, 0.2) is 0 Å². The summed E-state index contributed by atoms with van der Waals surface area (Å²) in [6, 6.07) is 1.53. The fourth-order valence-electron chi connectivity index (χ4n) is 1.87. The minimum Gasteiger partial charge on any atom is -0.383 e. The predicted molar refractivity (Wildman–Crippen MR) is 61.7 cm³/mol. The summed E-state index contributed by atoms with van der Waals surface area (Å²) in [6.45, 7) is 10.8. The lowest BCUT2D eigenvalue weighted by atomic mass is 10.1. The summed E-state index contributed by atoms with van der Waals surface area (Å²) >= 11 is 0. The lowest BCUT2D eigenvalue weighted by Gasteiger charge is -2.36. The first kappa shape index (κ1) is 13.9. The van der Waals surface area contributed by atoms with Crippen molar-refractivity contribution < 1.29 is 4.74 Å². The zero-order valence-electron chi connectivity index (χ0n) is 10.5. The Morgan fingerprint density at radius 2 is 1.86 bits per heavy atom. The highest BCUT2D eigenvalue weighted by Gasteiger charge is 2.21. The Morgan fingerprint density at radius 3 is 2.21 bits per heavy atom. The number of methoxy groups -OCH3 is 1. The van der Waals surface area contributed by atoms with Crippen LogP contribution in [0.25, 0.3) is 0 Å². The van der Waals surface area contributed by atoms with Gasteiger partial charge in [0.25, 0.3) is 0 Å². The number of hydrogen-bond donors (Lipinski definition) is 1. The van der Waals surface area contributed by atoms with E-state index in [2.05, 4.69) is 37.9 Å². The van der Waals surface area contributed by atoms with E-state index in [0.717, 1.165) is 13.2 Å². The van der Waals surface area contributed by atoms with Crippen molar-refractivity contribution in [2.75, 3.05) is 27.3 Å². The average molecular weight is 202 g/mol. The van der Waals surface area contributed by atoms with E-state index in [4.69, 9.17) is 4.74 Å². The molecule has 0 aliphatic heterocycles. The second kappa shape index (κ2) is 7.21. The summed E-state index contributed by atoms with van der Waals surface area (Å²) in [5, 5.41) is 3.29. The summed E-state index contributed by atoms with van der Waals surface area (Å²) in [6.07, 6.45) is 0. The molecule has 86 valence electrons. The van der Waals surface area contributed by atoms with Gasteiger partial charge in [-0.1, -0.05) is 6.92 Å². The van der Waals surface area contributed by atoms with Crippen molar-refractivity contribution in [3.05, 3.63) is 0 Å². The molecule has 0 aromatic heterocycles. The molecule has 0 amide bonds. The van der Waals surface area contributed by atoms with Gasteiger partial charge in [0.05, 0.1) is 6.61 Å². The van der Waals surface area contributed by atoms with Crippen molar-refractivity contribution in [1.29, 1.82) is 0 Å². The topological polar surface area (TPSA) is 24.5 Å². The minimum atomic E-state index is 0.482. The molecule has 0 aliphatic rings. The molecule has 0 bridgehead atoms. The van der Waals surface area contributed by atoms with Crippen molar-refractivity contribution in [3.8, 4) is 0 Å². The predicted octanol–water partition coefficient (Wildman–Crippen LogP) is 1.34. The number of nitrogens with zero attached hydrogens (tertiary/aromatic N) is 1. The van der Waals surface area contributed by atoms with Crippen LogP contribution < -0.4 is 5.32 Å². The normalized spacial score (nSPS) is 18.2. The lowest BCUT2D eigenvalue weighted by molar-refractivity contribution is 0.0684. The second-order valence-corrected chi connectivity index (χ2v) is 3.95. The maximum atomic E-state index is 5.19. The van der Waals surface area contributed by atoms with Crippen LogP contribution >= 0.6 is 0 Å². The highest BCUT2D eigenvalue weighted by molar-refractivity contribution is 4.79. The molecule has 0 saturated heterocycles. The number of nitrogens with one attached hydrogen (secondary N) is 1. The minimum absolute atomic E-state index is 0.482. The van der Waals surface area contributed by atoms with Gasteiger partial charge in [0.2, 0.25) is 0 Å². The van der Waals surface area contributed by atoms with Crippen LogP contribution in [0.1, 0.15) is 27.7 Å². The maximum absolute atomic E-state index is 5.19.